The van der Waals surface area contributed by atoms with Crippen molar-refractivity contribution in [2.24, 2.45) is 0 Å². The second-order valence-corrected chi connectivity index (χ2v) is 6.74. The molecule has 1 spiro atoms. The topological polar surface area (TPSA) is 41.5 Å². The Kier molecular flexibility index (Phi) is 4.89. The third kappa shape index (κ3) is 3.51. The fraction of sp³-hybridized carbons (Fsp3) is 0.750. The first-order valence-corrected chi connectivity index (χ1v) is 8.09. The van der Waals surface area contributed by atoms with Gasteiger partial charge in [-0.3, -0.25) is 4.90 Å². The summed E-state index contributed by atoms with van der Waals surface area (Å²) in [6.07, 6.45) is 1.91. The van der Waals surface area contributed by atoms with Crippen molar-refractivity contribution in [2.75, 3.05) is 33.9 Å². The monoisotopic (exact) mass is 326 g/mol. The summed E-state index contributed by atoms with van der Waals surface area (Å²) in [6, 6.07) is 1.75. The molecule has 2 aliphatic heterocycles. The Hall–Kier alpha value is -1.18. The van der Waals surface area contributed by atoms with Gasteiger partial charge < -0.3 is 9.64 Å². The van der Waals surface area contributed by atoms with Crippen LogP contribution in [0, 0.1) is 0 Å². The van der Waals surface area contributed by atoms with Gasteiger partial charge in [-0.1, -0.05) is 0 Å². The fourth-order valence-corrected chi connectivity index (χ4v) is 3.71. The molecule has 2 saturated heterocycles. The van der Waals surface area contributed by atoms with E-state index in [4.69, 9.17) is 4.74 Å². The maximum Gasteiger partial charge on any atom is 0.280 e. The third-order valence-electron chi connectivity index (χ3n) is 5.15. The second-order valence-electron chi connectivity index (χ2n) is 6.74. The second kappa shape index (κ2) is 6.75. The van der Waals surface area contributed by atoms with Crippen molar-refractivity contribution in [1.29, 1.82) is 0 Å². The van der Waals surface area contributed by atoms with E-state index in [1.165, 1.54) is 12.3 Å². The van der Waals surface area contributed by atoms with E-state index in [2.05, 4.69) is 33.9 Å². The van der Waals surface area contributed by atoms with Crippen molar-refractivity contribution in [3.63, 3.8) is 0 Å². The van der Waals surface area contributed by atoms with Crippen LogP contribution in [0.4, 0.5) is 8.78 Å². The smallest absolute Gasteiger partial charge is 0.280 e. The average molecular weight is 326 g/mol. The zero-order valence-electron chi connectivity index (χ0n) is 13.7. The Morgan fingerprint density at radius 3 is 2.78 bits per heavy atom. The van der Waals surface area contributed by atoms with Gasteiger partial charge in [0.25, 0.3) is 6.43 Å². The minimum absolute atomic E-state index is 0.0807. The zero-order valence-corrected chi connectivity index (χ0v) is 13.7. The minimum atomic E-state index is -2.55. The van der Waals surface area contributed by atoms with Crippen molar-refractivity contribution >= 4 is 0 Å². The summed E-state index contributed by atoms with van der Waals surface area (Å²) in [4.78, 5) is 12.9. The van der Waals surface area contributed by atoms with E-state index < -0.39 is 6.43 Å². The minimum Gasteiger partial charge on any atom is -0.381 e. The number of ether oxygens (including phenoxy) is 1. The van der Waals surface area contributed by atoms with Gasteiger partial charge >= 0.3 is 0 Å². The SMILES string of the molecule is CN(C)C1CN(Cc2nccc(C(F)F)n2)C2(CCOCC2)C1. The summed E-state index contributed by atoms with van der Waals surface area (Å²) < 4.78 is 31.2. The molecule has 128 valence electrons. The van der Waals surface area contributed by atoms with Crippen molar-refractivity contribution in [2.45, 2.75) is 43.8 Å². The molecule has 2 fully saturated rings. The molecular weight excluding hydrogens is 302 g/mol. The summed E-state index contributed by atoms with van der Waals surface area (Å²) in [5, 5.41) is 0. The van der Waals surface area contributed by atoms with E-state index >= 15 is 0 Å². The van der Waals surface area contributed by atoms with Crippen LogP contribution in [0.2, 0.25) is 0 Å². The number of rotatable bonds is 4. The van der Waals surface area contributed by atoms with Crippen LogP contribution in [0.15, 0.2) is 12.3 Å². The fourth-order valence-electron chi connectivity index (χ4n) is 3.71. The van der Waals surface area contributed by atoms with Gasteiger partial charge in [0.1, 0.15) is 11.5 Å². The van der Waals surface area contributed by atoms with Gasteiger partial charge in [-0.05, 0) is 39.4 Å². The highest BCUT2D eigenvalue weighted by molar-refractivity contribution is 5.07. The highest BCUT2D eigenvalue weighted by Gasteiger charge is 2.47. The lowest BCUT2D eigenvalue weighted by Gasteiger charge is -2.41. The lowest BCUT2D eigenvalue weighted by molar-refractivity contribution is -0.0124. The van der Waals surface area contributed by atoms with Gasteiger partial charge in [-0.15, -0.1) is 0 Å². The molecule has 23 heavy (non-hydrogen) atoms. The summed E-state index contributed by atoms with van der Waals surface area (Å²) in [5.74, 6) is 0.480. The summed E-state index contributed by atoms with van der Waals surface area (Å²) in [5.41, 5.74) is -0.114. The molecule has 1 aromatic heterocycles. The van der Waals surface area contributed by atoms with Crippen LogP contribution in [0.3, 0.4) is 0 Å². The van der Waals surface area contributed by atoms with Crippen LogP contribution in [0.5, 0.6) is 0 Å². The first kappa shape index (κ1) is 16.7. The first-order valence-electron chi connectivity index (χ1n) is 8.09. The van der Waals surface area contributed by atoms with Crippen LogP contribution in [-0.4, -0.2) is 65.2 Å². The molecule has 1 unspecified atom stereocenters. The van der Waals surface area contributed by atoms with Gasteiger partial charge in [0.2, 0.25) is 0 Å². The Balaban J connectivity index is 1.80. The summed E-state index contributed by atoms with van der Waals surface area (Å²) in [7, 11) is 4.18. The van der Waals surface area contributed by atoms with Crippen LogP contribution >= 0.6 is 0 Å². The summed E-state index contributed by atoms with van der Waals surface area (Å²) >= 11 is 0. The molecule has 7 heteroatoms. The van der Waals surface area contributed by atoms with Crippen molar-refractivity contribution in [3.05, 3.63) is 23.8 Å². The predicted molar refractivity (Wildman–Crippen MR) is 82.3 cm³/mol. The molecule has 2 aliphatic rings. The number of alkyl halides is 2. The normalized spacial score (nSPS) is 24.9. The molecule has 3 heterocycles. The van der Waals surface area contributed by atoms with Crippen LogP contribution in [0.25, 0.3) is 0 Å². The number of likely N-dealkylation sites (tertiary alicyclic amines) is 1. The maximum absolute atomic E-state index is 12.8. The number of likely N-dealkylation sites (N-methyl/N-ethyl adjacent to an activating group) is 1. The van der Waals surface area contributed by atoms with Crippen molar-refractivity contribution in [1.82, 2.24) is 19.8 Å². The molecule has 5 nitrogen and oxygen atoms in total. The number of nitrogens with zero attached hydrogens (tertiary/aromatic N) is 4. The van der Waals surface area contributed by atoms with E-state index in [1.807, 2.05) is 0 Å². The Morgan fingerprint density at radius 1 is 1.39 bits per heavy atom. The van der Waals surface area contributed by atoms with E-state index in [1.54, 1.807) is 0 Å². The number of aromatic nitrogens is 2. The lowest BCUT2D eigenvalue weighted by Crippen LogP contribution is -2.47. The zero-order chi connectivity index (χ0) is 16.4. The summed E-state index contributed by atoms with van der Waals surface area (Å²) in [6.45, 7) is 2.95. The van der Waals surface area contributed by atoms with Gasteiger partial charge in [0.15, 0.2) is 0 Å². The van der Waals surface area contributed by atoms with E-state index in [0.717, 1.165) is 39.0 Å². The van der Waals surface area contributed by atoms with Crippen LogP contribution < -0.4 is 0 Å². The van der Waals surface area contributed by atoms with Gasteiger partial charge in [-0.2, -0.15) is 0 Å². The molecule has 1 atom stereocenters. The quantitative estimate of drug-likeness (QED) is 0.847. The highest BCUT2D eigenvalue weighted by atomic mass is 19.3. The Morgan fingerprint density at radius 2 is 2.13 bits per heavy atom. The standard InChI is InChI=1S/C16H24F2N4O/c1-21(2)12-9-16(4-7-23-8-5-16)22(10-12)11-14-19-6-3-13(20-14)15(17)18/h3,6,12,15H,4-5,7-11H2,1-2H3. The molecule has 0 N–H and O–H groups in total. The molecule has 0 radical (unpaired) electrons. The first-order chi connectivity index (χ1) is 11.0. The average Bonchev–Trinajstić information content (AvgIpc) is 2.87. The van der Waals surface area contributed by atoms with E-state index in [0.29, 0.717) is 18.4 Å². The molecule has 0 aromatic carbocycles. The maximum atomic E-state index is 12.8. The third-order valence-corrected chi connectivity index (χ3v) is 5.15. The van der Waals surface area contributed by atoms with E-state index in [9.17, 15) is 8.78 Å². The van der Waals surface area contributed by atoms with Gasteiger partial charge in [0.05, 0.1) is 6.54 Å². The van der Waals surface area contributed by atoms with Crippen molar-refractivity contribution in [3.8, 4) is 0 Å². The van der Waals surface area contributed by atoms with Crippen molar-refractivity contribution < 1.29 is 13.5 Å². The van der Waals surface area contributed by atoms with Gasteiger partial charge in [0, 0.05) is 37.5 Å². The van der Waals surface area contributed by atoms with Gasteiger partial charge in [-0.25, -0.2) is 18.7 Å². The number of halogens is 2. The highest BCUT2D eigenvalue weighted by Crippen LogP contribution is 2.39. The molecule has 0 saturated carbocycles. The largest absolute Gasteiger partial charge is 0.381 e. The molecule has 0 aliphatic carbocycles. The Labute approximate surface area is 135 Å². The van der Waals surface area contributed by atoms with E-state index in [-0.39, 0.29) is 11.2 Å². The molecular formula is C16H24F2N4O. The molecule has 0 bridgehead atoms. The number of hydrogen-bond acceptors (Lipinski definition) is 5. The molecule has 1 aromatic rings. The Bertz CT molecular complexity index is 535. The van der Waals surface area contributed by atoms with Crippen LogP contribution in [-0.2, 0) is 11.3 Å². The number of hydrogen-bond donors (Lipinski definition) is 0. The lowest BCUT2D eigenvalue weighted by atomic mass is 9.86. The molecule has 3 rings (SSSR count). The predicted octanol–water partition coefficient (Wildman–Crippen LogP) is 2.10. The van der Waals surface area contributed by atoms with Crippen LogP contribution in [0.1, 0.15) is 37.2 Å². The molecule has 0 amide bonds.